The first-order chi connectivity index (χ1) is 6.59. The van der Waals surface area contributed by atoms with Crippen molar-refractivity contribution >= 4 is 18.4 Å². The minimum Gasteiger partial charge on any atom is -0.426 e. The Kier molecular flexibility index (Phi) is 3.44. The summed E-state index contributed by atoms with van der Waals surface area (Å²) < 4.78 is 9.43. The largest absolute Gasteiger partial charge is 0.426 e. The van der Waals surface area contributed by atoms with E-state index in [2.05, 4.69) is 9.73 Å². The second-order valence-corrected chi connectivity index (χ2v) is 2.78. The molecule has 1 aliphatic heterocycles. The molecule has 0 radical (unpaired) electrons. The van der Waals surface area contributed by atoms with Crippen LogP contribution in [0.15, 0.2) is 4.99 Å². The standard InChI is InChI=1S/C8H12N2O4/c1-6(11)13-7(2)14-8(12)10-4-3-9-5-10/h5,7H,3-4H2,1-2H3. The van der Waals surface area contributed by atoms with Crippen molar-refractivity contribution in [2.75, 3.05) is 13.1 Å². The molecule has 1 rings (SSSR count). The Morgan fingerprint density at radius 3 is 2.71 bits per heavy atom. The van der Waals surface area contributed by atoms with Crippen LogP contribution in [0.3, 0.4) is 0 Å². The minimum atomic E-state index is -0.867. The van der Waals surface area contributed by atoms with Gasteiger partial charge >= 0.3 is 12.1 Å². The molecule has 0 aromatic heterocycles. The molecule has 1 heterocycles. The summed E-state index contributed by atoms with van der Waals surface area (Å²) in [6.07, 6.45) is -0.0166. The van der Waals surface area contributed by atoms with Crippen LogP contribution in [-0.4, -0.2) is 42.7 Å². The number of amides is 1. The van der Waals surface area contributed by atoms with E-state index in [0.29, 0.717) is 13.1 Å². The van der Waals surface area contributed by atoms with Crippen LogP contribution >= 0.6 is 0 Å². The van der Waals surface area contributed by atoms with Gasteiger partial charge in [0.25, 0.3) is 0 Å². The average molecular weight is 200 g/mol. The Morgan fingerprint density at radius 2 is 2.21 bits per heavy atom. The topological polar surface area (TPSA) is 68.2 Å². The van der Waals surface area contributed by atoms with E-state index in [1.807, 2.05) is 0 Å². The molecule has 0 aromatic rings. The monoisotopic (exact) mass is 200 g/mol. The Labute approximate surface area is 81.5 Å². The van der Waals surface area contributed by atoms with Crippen molar-refractivity contribution in [3.63, 3.8) is 0 Å². The van der Waals surface area contributed by atoms with Crippen molar-refractivity contribution in [1.82, 2.24) is 4.90 Å². The maximum absolute atomic E-state index is 11.3. The first-order valence-corrected chi connectivity index (χ1v) is 4.24. The molecule has 6 heteroatoms. The zero-order valence-corrected chi connectivity index (χ0v) is 8.10. The molecule has 1 atom stereocenters. The van der Waals surface area contributed by atoms with Crippen molar-refractivity contribution in [2.24, 2.45) is 4.99 Å². The van der Waals surface area contributed by atoms with E-state index in [1.54, 1.807) is 0 Å². The van der Waals surface area contributed by atoms with Gasteiger partial charge in [-0.1, -0.05) is 0 Å². The van der Waals surface area contributed by atoms with Gasteiger partial charge in [-0.25, -0.2) is 4.79 Å². The van der Waals surface area contributed by atoms with E-state index < -0.39 is 18.4 Å². The van der Waals surface area contributed by atoms with Crippen molar-refractivity contribution in [3.8, 4) is 0 Å². The fourth-order valence-corrected chi connectivity index (χ4v) is 0.985. The van der Waals surface area contributed by atoms with Crippen molar-refractivity contribution < 1.29 is 19.1 Å². The molecule has 6 nitrogen and oxygen atoms in total. The lowest BCUT2D eigenvalue weighted by molar-refractivity contribution is -0.162. The molecule has 1 aliphatic rings. The number of hydrogen-bond donors (Lipinski definition) is 0. The summed E-state index contributed by atoms with van der Waals surface area (Å²) in [5.41, 5.74) is 0. The molecule has 0 spiro atoms. The van der Waals surface area contributed by atoms with E-state index in [4.69, 9.17) is 4.74 Å². The highest BCUT2D eigenvalue weighted by molar-refractivity contribution is 5.83. The number of carbonyl (C=O) groups is 2. The van der Waals surface area contributed by atoms with E-state index in [1.165, 1.54) is 25.1 Å². The summed E-state index contributed by atoms with van der Waals surface area (Å²) in [4.78, 5) is 26.9. The third-order valence-corrected chi connectivity index (χ3v) is 1.52. The molecular weight excluding hydrogens is 188 g/mol. The maximum Gasteiger partial charge on any atom is 0.418 e. The molecule has 0 aromatic carbocycles. The van der Waals surface area contributed by atoms with Gasteiger partial charge < -0.3 is 9.47 Å². The highest BCUT2D eigenvalue weighted by atomic mass is 16.7. The van der Waals surface area contributed by atoms with Crippen LogP contribution < -0.4 is 0 Å². The molecular formula is C8H12N2O4. The molecule has 78 valence electrons. The van der Waals surface area contributed by atoms with Gasteiger partial charge in [-0.3, -0.25) is 14.7 Å². The van der Waals surface area contributed by atoms with Gasteiger partial charge in [0.1, 0.15) is 0 Å². The van der Waals surface area contributed by atoms with Crippen molar-refractivity contribution in [3.05, 3.63) is 0 Å². The third kappa shape index (κ3) is 3.04. The number of carbonyl (C=O) groups excluding carboxylic acids is 2. The second kappa shape index (κ2) is 4.59. The van der Waals surface area contributed by atoms with Crippen LogP contribution in [0.1, 0.15) is 13.8 Å². The maximum atomic E-state index is 11.3. The Morgan fingerprint density at radius 1 is 1.50 bits per heavy atom. The highest BCUT2D eigenvalue weighted by Crippen LogP contribution is 2.01. The SMILES string of the molecule is CC(=O)OC(C)OC(=O)N1C=NCC1. The molecule has 14 heavy (non-hydrogen) atoms. The lowest BCUT2D eigenvalue weighted by Gasteiger charge is -2.16. The number of aliphatic imine (C=N–C) groups is 1. The van der Waals surface area contributed by atoms with Crippen LogP contribution in [0.5, 0.6) is 0 Å². The van der Waals surface area contributed by atoms with Gasteiger partial charge in [-0.15, -0.1) is 0 Å². The molecule has 0 bridgehead atoms. The zero-order chi connectivity index (χ0) is 10.6. The summed E-state index contributed by atoms with van der Waals surface area (Å²) in [7, 11) is 0. The van der Waals surface area contributed by atoms with Gasteiger partial charge in [0, 0.05) is 20.4 Å². The number of rotatable bonds is 2. The molecule has 0 saturated heterocycles. The van der Waals surface area contributed by atoms with Gasteiger partial charge in [0.05, 0.1) is 12.9 Å². The smallest absolute Gasteiger partial charge is 0.418 e. The van der Waals surface area contributed by atoms with E-state index in [0.717, 1.165) is 0 Å². The zero-order valence-electron chi connectivity index (χ0n) is 8.10. The predicted molar refractivity (Wildman–Crippen MR) is 47.8 cm³/mol. The van der Waals surface area contributed by atoms with Gasteiger partial charge in [0.15, 0.2) is 0 Å². The Balaban J connectivity index is 2.32. The second-order valence-electron chi connectivity index (χ2n) is 2.78. The van der Waals surface area contributed by atoms with Crippen LogP contribution in [-0.2, 0) is 14.3 Å². The first kappa shape index (κ1) is 10.5. The van der Waals surface area contributed by atoms with Crippen LogP contribution in [0.4, 0.5) is 4.79 Å². The lowest BCUT2D eigenvalue weighted by atomic mass is 10.6. The molecule has 1 amide bonds. The molecule has 0 fully saturated rings. The fourth-order valence-electron chi connectivity index (χ4n) is 0.985. The Hall–Kier alpha value is -1.59. The highest BCUT2D eigenvalue weighted by Gasteiger charge is 2.19. The van der Waals surface area contributed by atoms with E-state index in [-0.39, 0.29) is 0 Å². The van der Waals surface area contributed by atoms with Crippen LogP contribution in [0.25, 0.3) is 0 Å². The molecule has 0 saturated carbocycles. The number of ether oxygens (including phenoxy) is 2. The molecule has 0 N–H and O–H groups in total. The van der Waals surface area contributed by atoms with Gasteiger partial charge in [-0.05, 0) is 0 Å². The summed E-state index contributed by atoms with van der Waals surface area (Å²) in [5.74, 6) is -0.486. The summed E-state index contributed by atoms with van der Waals surface area (Å²) in [6.45, 7) is 3.82. The summed E-state index contributed by atoms with van der Waals surface area (Å²) >= 11 is 0. The summed E-state index contributed by atoms with van der Waals surface area (Å²) in [6, 6.07) is 0. The van der Waals surface area contributed by atoms with Crippen LogP contribution in [0.2, 0.25) is 0 Å². The predicted octanol–water partition coefficient (Wildman–Crippen LogP) is 0.376. The fraction of sp³-hybridized carbons (Fsp3) is 0.625. The number of hydrogen-bond acceptors (Lipinski definition) is 5. The van der Waals surface area contributed by atoms with E-state index in [9.17, 15) is 9.59 Å². The summed E-state index contributed by atoms with van der Waals surface area (Å²) in [5, 5.41) is 0. The third-order valence-electron chi connectivity index (χ3n) is 1.52. The number of nitrogens with zero attached hydrogens (tertiary/aromatic N) is 2. The normalized spacial score (nSPS) is 16.6. The minimum absolute atomic E-state index is 0.486. The number of esters is 1. The van der Waals surface area contributed by atoms with Crippen molar-refractivity contribution in [1.29, 1.82) is 0 Å². The van der Waals surface area contributed by atoms with Gasteiger partial charge in [-0.2, -0.15) is 0 Å². The quantitative estimate of drug-likeness (QED) is 0.477. The van der Waals surface area contributed by atoms with Crippen molar-refractivity contribution in [2.45, 2.75) is 20.1 Å². The first-order valence-electron chi connectivity index (χ1n) is 4.24. The Bertz CT molecular complexity index is 264. The van der Waals surface area contributed by atoms with Gasteiger partial charge in [0.2, 0.25) is 6.29 Å². The average Bonchev–Trinajstić information content (AvgIpc) is 2.53. The van der Waals surface area contributed by atoms with Crippen LogP contribution in [0, 0.1) is 0 Å². The molecule has 0 aliphatic carbocycles. The molecule has 1 unspecified atom stereocenters. The lowest BCUT2D eigenvalue weighted by Crippen LogP contribution is -2.32. The van der Waals surface area contributed by atoms with E-state index >= 15 is 0 Å².